The third kappa shape index (κ3) is 3.65. The number of nitrogens with one attached hydrogen (secondary N) is 1. The molecule has 0 aliphatic carbocycles. The van der Waals surface area contributed by atoms with E-state index in [9.17, 15) is 0 Å². The summed E-state index contributed by atoms with van der Waals surface area (Å²) in [4.78, 5) is 0. The van der Waals surface area contributed by atoms with Crippen molar-refractivity contribution >= 4 is 5.69 Å². The molecule has 0 aliphatic heterocycles. The molecule has 16 heavy (non-hydrogen) atoms. The van der Waals surface area contributed by atoms with Gasteiger partial charge in [-0.25, -0.2) is 0 Å². The van der Waals surface area contributed by atoms with Crippen LogP contribution < -0.4 is 14.8 Å². The van der Waals surface area contributed by atoms with Crippen LogP contribution in [0.15, 0.2) is 18.2 Å². The van der Waals surface area contributed by atoms with Crippen molar-refractivity contribution in [2.45, 2.75) is 26.7 Å². The van der Waals surface area contributed by atoms with Gasteiger partial charge < -0.3 is 14.8 Å². The minimum Gasteiger partial charge on any atom is -0.490 e. The lowest BCUT2D eigenvalue weighted by atomic mass is 10.2. The van der Waals surface area contributed by atoms with Crippen LogP contribution in [-0.4, -0.2) is 20.3 Å². The van der Waals surface area contributed by atoms with Crippen molar-refractivity contribution in [3.8, 4) is 11.5 Å². The Morgan fingerprint density at radius 3 is 2.19 bits per heavy atom. The molecule has 1 N–H and O–H groups in total. The highest BCUT2D eigenvalue weighted by Gasteiger charge is 2.05. The average Bonchev–Trinajstić information content (AvgIpc) is 2.34. The minimum atomic E-state index is 0.718. The monoisotopic (exact) mass is 223 g/mol. The van der Waals surface area contributed by atoms with E-state index in [1.165, 1.54) is 0 Å². The fourth-order valence-electron chi connectivity index (χ4n) is 1.32. The number of rotatable bonds is 7. The Morgan fingerprint density at radius 1 is 1.00 bits per heavy atom. The van der Waals surface area contributed by atoms with Crippen LogP contribution in [0.2, 0.25) is 0 Å². The molecule has 0 aromatic heterocycles. The molecule has 3 heteroatoms. The topological polar surface area (TPSA) is 30.5 Å². The molecule has 90 valence electrons. The molecule has 0 atom stereocenters. The van der Waals surface area contributed by atoms with Crippen LogP contribution in [0.25, 0.3) is 0 Å². The van der Waals surface area contributed by atoms with E-state index in [-0.39, 0.29) is 0 Å². The summed E-state index contributed by atoms with van der Waals surface area (Å²) in [6.45, 7) is 5.63. The zero-order valence-corrected chi connectivity index (χ0v) is 10.4. The average molecular weight is 223 g/mol. The number of ether oxygens (including phenoxy) is 2. The predicted octanol–water partition coefficient (Wildman–Crippen LogP) is 3.31. The van der Waals surface area contributed by atoms with Gasteiger partial charge in [-0.3, -0.25) is 0 Å². The quantitative estimate of drug-likeness (QED) is 0.769. The van der Waals surface area contributed by atoms with E-state index in [2.05, 4.69) is 19.2 Å². The van der Waals surface area contributed by atoms with Crippen LogP contribution in [-0.2, 0) is 0 Å². The zero-order valence-electron chi connectivity index (χ0n) is 10.4. The van der Waals surface area contributed by atoms with Crippen molar-refractivity contribution in [2.75, 3.05) is 25.6 Å². The first kappa shape index (κ1) is 12.7. The highest BCUT2D eigenvalue weighted by Crippen LogP contribution is 2.30. The van der Waals surface area contributed by atoms with E-state index in [0.29, 0.717) is 0 Å². The lowest BCUT2D eigenvalue weighted by molar-refractivity contribution is 0.268. The van der Waals surface area contributed by atoms with Gasteiger partial charge in [-0.15, -0.1) is 0 Å². The molecular formula is C13H21NO2. The van der Waals surface area contributed by atoms with Gasteiger partial charge in [0.25, 0.3) is 0 Å². The molecule has 0 bridgehead atoms. The van der Waals surface area contributed by atoms with Crippen molar-refractivity contribution in [1.29, 1.82) is 0 Å². The minimum absolute atomic E-state index is 0.718. The standard InChI is InChI=1S/C13H21NO2/c1-4-8-15-12-7-6-11(14-3)10-13(12)16-9-5-2/h6-7,10,14H,4-5,8-9H2,1-3H3. The van der Waals surface area contributed by atoms with Crippen LogP contribution in [0, 0.1) is 0 Å². The van der Waals surface area contributed by atoms with Gasteiger partial charge >= 0.3 is 0 Å². The molecule has 1 aromatic rings. The van der Waals surface area contributed by atoms with Gasteiger partial charge in [0, 0.05) is 18.8 Å². The van der Waals surface area contributed by atoms with Gasteiger partial charge in [0.15, 0.2) is 11.5 Å². The predicted molar refractivity (Wildman–Crippen MR) is 67.6 cm³/mol. The molecule has 3 nitrogen and oxygen atoms in total. The second-order valence-electron chi connectivity index (χ2n) is 3.61. The van der Waals surface area contributed by atoms with Crippen LogP contribution in [0.1, 0.15) is 26.7 Å². The maximum atomic E-state index is 5.66. The molecule has 0 fully saturated rings. The Labute approximate surface area is 97.8 Å². The third-order valence-electron chi connectivity index (χ3n) is 2.16. The van der Waals surface area contributed by atoms with Crippen molar-refractivity contribution in [3.63, 3.8) is 0 Å². The Morgan fingerprint density at radius 2 is 1.62 bits per heavy atom. The molecule has 0 aliphatic rings. The van der Waals surface area contributed by atoms with Crippen molar-refractivity contribution in [3.05, 3.63) is 18.2 Å². The van der Waals surface area contributed by atoms with Crippen LogP contribution >= 0.6 is 0 Å². The molecule has 0 amide bonds. The van der Waals surface area contributed by atoms with E-state index in [0.717, 1.165) is 43.2 Å². The summed E-state index contributed by atoms with van der Waals surface area (Å²) in [6, 6.07) is 5.91. The lowest BCUT2D eigenvalue weighted by Gasteiger charge is -2.13. The Balaban J connectivity index is 2.78. The van der Waals surface area contributed by atoms with Gasteiger partial charge in [0.05, 0.1) is 13.2 Å². The fraction of sp³-hybridized carbons (Fsp3) is 0.538. The largest absolute Gasteiger partial charge is 0.490 e. The summed E-state index contributed by atoms with van der Waals surface area (Å²) >= 11 is 0. The van der Waals surface area contributed by atoms with Crippen LogP contribution in [0.3, 0.4) is 0 Å². The van der Waals surface area contributed by atoms with Gasteiger partial charge in [0.2, 0.25) is 0 Å². The van der Waals surface area contributed by atoms with Crippen LogP contribution in [0.5, 0.6) is 11.5 Å². The number of benzene rings is 1. The maximum Gasteiger partial charge on any atom is 0.163 e. The lowest BCUT2D eigenvalue weighted by Crippen LogP contribution is -2.02. The molecule has 0 heterocycles. The van der Waals surface area contributed by atoms with Gasteiger partial charge in [-0.1, -0.05) is 13.8 Å². The maximum absolute atomic E-state index is 5.66. The first-order valence-corrected chi connectivity index (χ1v) is 5.89. The molecule has 0 saturated heterocycles. The van der Waals surface area contributed by atoms with E-state index in [1.807, 2.05) is 25.2 Å². The summed E-state index contributed by atoms with van der Waals surface area (Å²) < 4.78 is 11.3. The van der Waals surface area contributed by atoms with Crippen molar-refractivity contribution in [1.82, 2.24) is 0 Å². The molecule has 1 aromatic carbocycles. The third-order valence-corrected chi connectivity index (χ3v) is 2.16. The summed E-state index contributed by atoms with van der Waals surface area (Å²) in [7, 11) is 1.89. The molecule has 1 rings (SSSR count). The van der Waals surface area contributed by atoms with E-state index < -0.39 is 0 Å². The van der Waals surface area contributed by atoms with Crippen molar-refractivity contribution < 1.29 is 9.47 Å². The van der Waals surface area contributed by atoms with E-state index >= 15 is 0 Å². The Bertz CT molecular complexity index is 313. The summed E-state index contributed by atoms with van der Waals surface area (Å²) in [5, 5.41) is 3.09. The summed E-state index contributed by atoms with van der Waals surface area (Å²) in [6.07, 6.45) is 2.00. The molecule has 0 unspecified atom stereocenters. The number of hydrogen-bond acceptors (Lipinski definition) is 3. The Kier molecular flexibility index (Phi) is 5.54. The van der Waals surface area contributed by atoms with Gasteiger partial charge in [0.1, 0.15) is 0 Å². The van der Waals surface area contributed by atoms with Crippen LogP contribution in [0.4, 0.5) is 5.69 Å². The molecule has 0 radical (unpaired) electrons. The van der Waals surface area contributed by atoms with Gasteiger partial charge in [-0.05, 0) is 25.0 Å². The van der Waals surface area contributed by atoms with Crippen molar-refractivity contribution in [2.24, 2.45) is 0 Å². The Hall–Kier alpha value is -1.38. The fourth-order valence-corrected chi connectivity index (χ4v) is 1.32. The number of anilines is 1. The first-order valence-electron chi connectivity index (χ1n) is 5.89. The normalized spacial score (nSPS) is 9.94. The molecular weight excluding hydrogens is 202 g/mol. The molecule has 0 spiro atoms. The smallest absolute Gasteiger partial charge is 0.163 e. The zero-order chi connectivity index (χ0) is 11.8. The SMILES string of the molecule is CCCOc1ccc(NC)cc1OCCC. The summed E-state index contributed by atoms with van der Waals surface area (Å²) in [5.74, 6) is 1.65. The highest BCUT2D eigenvalue weighted by atomic mass is 16.5. The summed E-state index contributed by atoms with van der Waals surface area (Å²) in [5.41, 5.74) is 1.04. The van der Waals surface area contributed by atoms with E-state index in [1.54, 1.807) is 0 Å². The second-order valence-corrected chi connectivity index (χ2v) is 3.61. The van der Waals surface area contributed by atoms with Gasteiger partial charge in [-0.2, -0.15) is 0 Å². The first-order chi connectivity index (χ1) is 7.81. The second kappa shape index (κ2) is 6.99. The van der Waals surface area contributed by atoms with E-state index in [4.69, 9.17) is 9.47 Å². The number of hydrogen-bond donors (Lipinski definition) is 1. The highest BCUT2D eigenvalue weighted by molar-refractivity contribution is 5.54. The molecule has 0 saturated carbocycles.